The Labute approximate surface area is 121 Å². The molecule has 0 aliphatic heterocycles. The summed E-state index contributed by atoms with van der Waals surface area (Å²) in [5.74, 6) is 2.89. The number of hydrogen-bond acceptors (Lipinski definition) is 1. The van der Waals surface area contributed by atoms with Crippen molar-refractivity contribution in [3.8, 4) is 0 Å². The van der Waals surface area contributed by atoms with Crippen LogP contribution in [0.5, 0.6) is 0 Å². The van der Waals surface area contributed by atoms with E-state index < -0.39 is 0 Å². The Morgan fingerprint density at radius 3 is 2.32 bits per heavy atom. The third-order valence-corrected chi connectivity index (χ3v) is 4.88. The maximum atomic E-state index is 3.68. The Balaban J connectivity index is 2.50. The van der Waals surface area contributed by atoms with Crippen LogP contribution in [0.1, 0.15) is 80.1 Å². The summed E-state index contributed by atoms with van der Waals surface area (Å²) < 4.78 is 0. The normalized spacial score (nSPS) is 28.9. The predicted molar refractivity (Wildman–Crippen MR) is 86.4 cm³/mol. The van der Waals surface area contributed by atoms with Gasteiger partial charge in [-0.15, -0.1) is 0 Å². The summed E-state index contributed by atoms with van der Waals surface area (Å²) in [6, 6.07) is 0.632. The van der Waals surface area contributed by atoms with Crippen LogP contribution in [0, 0.1) is 23.2 Å². The van der Waals surface area contributed by atoms with Gasteiger partial charge in [0.25, 0.3) is 0 Å². The zero-order valence-corrected chi connectivity index (χ0v) is 14.3. The quantitative estimate of drug-likeness (QED) is 0.693. The molecule has 0 aromatic carbocycles. The molecule has 1 nitrogen and oxygen atoms in total. The van der Waals surface area contributed by atoms with Crippen molar-refractivity contribution in [2.75, 3.05) is 6.54 Å². The fourth-order valence-electron chi connectivity index (χ4n) is 3.42. The van der Waals surface area contributed by atoms with Gasteiger partial charge in [0.15, 0.2) is 0 Å². The maximum absolute atomic E-state index is 3.68. The lowest BCUT2D eigenvalue weighted by Crippen LogP contribution is -2.36. The number of rotatable bonds is 6. The predicted octanol–water partition coefficient (Wildman–Crippen LogP) is 5.25. The Bertz CT molecular complexity index is 239. The van der Waals surface area contributed by atoms with Crippen LogP contribution >= 0.6 is 0 Å². The fraction of sp³-hybridized carbons (Fsp3) is 1.00. The van der Waals surface area contributed by atoms with Crippen LogP contribution in [0.25, 0.3) is 0 Å². The summed E-state index contributed by atoms with van der Waals surface area (Å²) in [4.78, 5) is 0. The van der Waals surface area contributed by atoms with Crippen molar-refractivity contribution < 1.29 is 0 Å². The molecular formula is C18H37N. The van der Waals surface area contributed by atoms with Gasteiger partial charge in [-0.2, -0.15) is 0 Å². The summed E-state index contributed by atoms with van der Waals surface area (Å²) in [5.41, 5.74) is 0.495. The molecule has 1 heteroatoms. The van der Waals surface area contributed by atoms with Crippen LogP contribution in [0.3, 0.4) is 0 Å². The van der Waals surface area contributed by atoms with Gasteiger partial charge in [-0.3, -0.25) is 0 Å². The molecule has 0 radical (unpaired) electrons. The van der Waals surface area contributed by atoms with Gasteiger partial charge in [-0.25, -0.2) is 0 Å². The summed E-state index contributed by atoms with van der Waals surface area (Å²) in [7, 11) is 0. The molecule has 0 heterocycles. The molecule has 1 saturated carbocycles. The second-order valence-electron chi connectivity index (χ2n) is 8.27. The van der Waals surface area contributed by atoms with Crippen LogP contribution in [-0.2, 0) is 0 Å². The van der Waals surface area contributed by atoms with Gasteiger partial charge < -0.3 is 5.32 Å². The third-order valence-electron chi connectivity index (χ3n) is 4.88. The van der Waals surface area contributed by atoms with Gasteiger partial charge in [0.1, 0.15) is 0 Å². The van der Waals surface area contributed by atoms with Crippen molar-refractivity contribution in [3.05, 3.63) is 0 Å². The highest BCUT2D eigenvalue weighted by Crippen LogP contribution is 2.39. The minimum Gasteiger partial charge on any atom is -0.314 e. The van der Waals surface area contributed by atoms with Crippen LogP contribution < -0.4 is 5.32 Å². The maximum Gasteiger partial charge on any atom is 0.00104 e. The van der Waals surface area contributed by atoms with Crippen molar-refractivity contribution >= 4 is 0 Å². The zero-order chi connectivity index (χ0) is 14.5. The van der Waals surface area contributed by atoms with E-state index in [1.54, 1.807) is 0 Å². The lowest BCUT2D eigenvalue weighted by atomic mass is 9.70. The summed E-state index contributed by atoms with van der Waals surface area (Å²) >= 11 is 0. The SMILES string of the molecule is CCC1CCC(CNC(C)C)C(CCC(C)(C)C)C1. The Morgan fingerprint density at radius 2 is 1.79 bits per heavy atom. The topological polar surface area (TPSA) is 12.0 Å². The molecular weight excluding hydrogens is 230 g/mol. The largest absolute Gasteiger partial charge is 0.314 e. The lowest BCUT2D eigenvalue weighted by molar-refractivity contribution is 0.146. The molecule has 114 valence electrons. The standard InChI is InChI=1S/C18H37N/c1-7-15-8-9-17(13-19-14(2)3)16(12-15)10-11-18(4,5)6/h14-17,19H,7-13H2,1-6H3. The fourth-order valence-corrected chi connectivity index (χ4v) is 3.42. The van der Waals surface area contributed by atoms with Gasteiger partial charge in [-0.05, 0) is 55.4 Å². The first-order valence-electron chi connectivity index (χ1n) is 8.55. The van der Waals surface area contributed by atoms with Crippen molar-refractivity contribution in [1.29, 1.82) is 0 Å². The van der Waals surface area contributed by atoms with E-state index in [0.717, 1.165) is 17.8 Å². The smallest absolute Gasteiger partial charge is 0.00104 e. The van der Waals surface area contributed by atoms with E-state index in [1.807, 2.05) is 0 Å². The van der Waals surface area contributed by atoms with Crippen LogP contribution in [0.15, 0.2) is 0 Å². The Hall–Kier alpha value is -0.0400. The Morgan fingerprint density at radius 1 is 1.11 bits per heavy atom. The van der Waals surface area contributed by atoms with E-state index in [4.69, 9.17) is 0 Å². The van der Waals surface area contributed by atoms with Gasteiger partial charge in [-0.1, -0.05) is 54.4 Å². The first kappa shape index (κ1) is 17.0. The van der Waals surface area contributed by atoms with Crippen molar-refractivity contribution in [2.45, 2.75) is 86.1 Å². The molecule has 3 unspecified atom stereocenters. The van der Waals surface area contributed by atoms with Crippen LogP contribution in [0.2, 0.25) is 0 Å². The molecule has 3 atom stereocenters. The third kappa shape index (κ3) is 6.79. The van der Waals surface area contributed by atoms with Crippen molar-refractivity contribution in [2.24, 2.45) is 23.2 Å². The second-order valence-corrected chi connectivity index (χ2v) is 8.27. The minimum atomic E-state index is 0.495. The highest BCUT2D eigenvalue weighted by atomic mass is 14.9. The summed E-state index contributed by atoms with van der Waals surface area (Å²) in [6.07, 6.45) is 8.60. The first-order chi connectivity index (χ1) is 8.81. The van der Waals surface area contributed by atoms with Gasteiger partial charge in [0.2, 0.25) is 0 Å². The molecule has 0 bridgehead atoms. The zero-order valence-electron chi connectivity index (χ0n) is 14.3. The van der Waals surface area contributed by atoms with Crippen molar-refractivity contribution in [3.63, 3.8) is 0 Å². The molecule has 1 N–H and O–H groups in total. The molecule has 1 aliphatic rings. The number of hydrogen-bond donors (Lipinski definition) is 1. The molecule has 0 amide bonds. The summed E-state index contributed by atoms with van der Waals surface area (Å²) in [6.45, 7) is 15.3. The molecule has 19 heavy (non-hydrogen) atoms. The van der Waals surface area contributed by atoms with Gasteiger partial charge in [0.05, 0.1) is 0 Å². The lowest BCUT2D eigenvalue weighted by Gasteiger charge is -2.38. The molecule has 0 spiro atoms. The molecule has 1 fully saturated rings. The van der Waals surface area contributed by atoms with Crippen molar-refractivity contribution in [1.82, 2.24) is 5.32 Å². The van der Waals surface area contributed by atoms with E-state index in [0.29, 0.717) is 11.5 Å². The highest BCUT2D eigenvalue weighted by Gasteiger charge is 2.30. The molecule has 0 saturated heterocycles. The van der Waals surface area contributed by atoms with E-state index in [1.165, 1.54) is 45.1 Å². The summed E-state index contributed by atoms with van der Waals surface area (Å²) in [5, 5.41) is 3.68. The van der Waals surface area contributed by atoms with Crippen LogP contribution in [-0.4, -0.2) is 12.6 Å². The van der Waals surface area contributed by atoms with Crippen LogP contribution in [0.4, 0.5) is 0 Å². The van der Waals surface area contributed by atoms with E-state index >= 15 is 0 Å². The molecule has 0 aromatic rings. The van der Waals surface area contributed by atoms with E-state index in [-0.39, 0.29) is 0 Å². The second kappa shape index (κ2) is 7.67. The average molecular weight is 268 g/mol. The molecule has 0 aromatic heterocycles. The minimum absolute atomic E-state index is 0.495. The van der Waals surface area contributed by atoms with Gasteiger partial charge in [0, 0.05) is 6.04 Å². The highest BCUT2D eigenvalue weighted by molar-refractivity contribution is 4.82. The average Bonchev–Trinajstić information content (AvgIpc) is 2.33. The van der Waals surface area contributed by atoms with E-state index in [9.17, 15) is 0 Å². The Kier molecular flexibility index (Phi) is 6.86. The molecule has 1 aliphatic carbocycles. The number of nitrogens with one attached hydrogen (secondary N) is 1. The molecule has 1 rings (SSSR count). The monoisotopic (exact) mass is 267 g/mol. The van der Waals surface area contributed by atoms with E-state index in [2.05, 4.69) is 46.9 Å². The first-order valence-corrected chi connectivity index (χ1v) is 8.55. The van der Waals surface area contributed by atoms with Gasteiger partial charge >= 0.3 is 0 Å².